The molecule has 1 heterocycles. The van der Waals surface area contributed by atoms with Gasteiger partial charge in [-0.3, -0.25) is 4.98 Å². The quantitative estimate of drug-likeness (QED) is 0.890. The van der Waals surface area contributed by atoms with Gasteiger partial charge in [-0.15, -0.1) is 0 Å². The zero-order chi connectivity index (χ0) is 13.1. The Morgan fingerprint density at radius 3 is 2.83 bits per heavy atom. The highest BCUT2D eigenvalue weighted by Crippen LogP contribution is 2.36. The van der Waals surface area contributed by atoms with Gasteiger partial charge in [0.25, 0.3) is 0 Å². The first kappa shape index (κ1) is 13.2. The van der Waals surface area contributed by atoms with Crippen molar-refractivity contribution in [3.05, 3.63) is 18.5 Å². The van der Waals surface area contributed by atoms with Crippen LogP contribution >= 0.6 is 0 Å². The summed E-state index contributed by atoms with van der Waals surface area (Å²) in [5.74, 6) is 2.82. The molecule has 1 fully saturated rings. The monoisotopic (exact) mass is 248 g/mol. The average molecular weight is 248 g/mol. The number of nitrogens with zero attached hydrogens (tertiary/aromatic N) is 1. The Labute approximate surface area is 110 Å². The van der Waals surface area contributed by atoms with Crippen LogP contribution in [0.3, 0.4) is 0 Å². The Hall–Kier alpha value is -1.25. The molecule has 1 saturated carbocycles. The molecule has 2 rings (SSSR count). The molecule has 2 N–H and O–H groups in total. The van der Waals surface area contributed by atoms with Crippen molar-refractivity contribution in [2.24, 2.45) is 17.8 Å². The molecule has 0 radical (unpaired) electrons. The minimum absolute atomic E-state index is 0.290. The van der Waals surface area contributed by atoms with Gasteiger partial charge in [-0.2, -0.15) is 0 Å². The van der Waals surface area contributed by atoms with E-state index in [-0.39, 0.29) is 0 Å². The van der Waals surface area contributed by atoms with Gasteiger partial charge in [0.05, 0.1) is 11.9 Å². The van der Waals surface area contributed by atoms with E-state index in [2.05, 4.69) is 25.8 Å². The molecule has 0 saturated heterocycles. The Balaban J connectivity index is 2.11. The van der Waals surface area contributed by atoms with Gasteiger partial charge in [-0.1, -0.05) is 27.2 Å². The molecule has 1 aliphatic carbocycles. The highest BCUT2D eigenvalue weighted by Gasteiger charge is 2.32. The number of rotatable bonds is 3. The number of ether oxygens (including phenoxy) is 1. The Kier molecular flexibility index (Phi) is 4.10. The predicted octanol–water partition coefficient (Wildman–Crippen LogP) is 3.50. The normalized spacial score (nSPS) is 28.3. The van der Waals surface area contributed by atoms with Crippen molar-refractivity contribution in [1.82, 2.24) is 4.98 Å². The third-order valence-corrected chi connectivity index (χ3v) is 4.05. The first-order valence-electron chi connectivity index (χ1n) is 6.94. The van der Waals surface area contributed by atoms with Crippen LogP contribution in [0, 0.1) is 17.8 Å². The van der Waals surface area contributed by atoms with Crippen molar-refractivity contribution < 1.29 is 4.74 Å². The molecule has 3 atom stereocenters. The Morgan fingerprint density at radius 1 is 1.39 bits per heavy atom. The SMILES string of the molecule is CC1CCC(C(C)C)C(Oc2ccncc2N)C1. The summed E-state index contributed by atoms with van der Waals surface area (Å²) in [5, 5.41) is 0. The van der Waals surface area contributed by atoms with E-state index in [0.29, 0.717) is 23.6 Å². The molecular formula is C15H24N2O. The largest absolute Gasteiger partial charge is 0.488 e. The van der Waals surface area contributed by atoms with E-state index in [1.165, 1.54) is 12.8 Å². The maximum atomic E-state index is 6.17. The van der Waals surface area contributed by atoms with Gasteiger partial charge in [0.1, 0.15) is 11.9 Å². The molecule has 3 unspecified atom stereocenters. The van der Waals surface area contributed by atoms with E-state index in [4.69, 9.17) is 10.5 Å². The molecule has 0 aliphatic heterocycles. The van der Waals surface area contributed by atoms with Crippen LogP contribution in [0.5, 0.6) is 5.75 Å². The van der Waals surface area contributed by atoms with Gasteiger partial charge in [0.2, 0.25) is 0 Å². The summed E-state index contributed by atoms with van der Waals surface area (Å²) in [6, 6.07) is 1.87. The summed E-state index contributed by atoms with van der Waals surface area (Å²) in [7, 11) is 0. The molecule has 0 amide bonds. The highest BCUT2D eigenvalue weighted by molar-refractivity contribution is 5.49. The summed E-state index contributed by atoms with van der Waals surface area (Å²) in [6.07, 6.45) is 7.39. The van der Waals surface area contributed by atoms with Crippen molar-refractivity contribution in [2.75, 3.05) is 5.73 Å². The molecule has 1 aromatic rings. The van der Waals surface area contributed by atoms with E-state index in [0.717, 1.165) is 18.1 Å². The molecule has 3 nitrogen and oxygen atoms in total. The Bertz CT molecular complexity index is 392. The van der Waals surface area contributed by atoms with Gasteiger partial charge in [-0.05, 0) is 30.6 Å². The standard InChI is InChI=1S/C15H24N2O/c1-10(2)12-5-4-11(3)8-15(12)18-14-6-7-17-9-13(14)16/h6-7,9-12,15H,4-5,8,16H2,1-3H3. The van der Waals surface area contributed by atoms with Crippen LogP contribution in [-0.4, -0.2) is 11.1 Å². The van der Waals surface area contributed by atoms with Gasteiger partial charge in [0, 0.05) is 12.3 Å². The van der Waals surface area contributed by atoms with E-state index in [1.54, 1.807) is 12.4 Å². The summed E-state index contributed by atoms with van der Waals surface area (Å²) in [5.41, 5.74) is 6.54. The zero-order valence-electron chi connectivity index (χ0n) is 11.6. The molecule has 0 aromatic carbocycles. The van der Waals surface area contributed by atoms with Crippen LogP contribution in [0.1, 0.15) is 40.0 Å². The van der Waals surface area contributed by atoms with Crippen LogP contribution in [0.25, 0.3) is 0 Å². The number of aromatic nitrogens is 1. The second kappa shape index (κ2) is 5.59. The summed E-state index contributed by atoms with van der Waals surface area (Å²) in [6.45, 7) is 6.88. The number of hydrogen-bond donors (Lipinski definition) is 1. The van der Waals surface area contributed by atoms with Crippen molar-refractivity contribution >= 4 is 5.69 Å². The van der Waals surface area contributed by atoms with Gasteiger partial charge >= 0.3 is 0 Å². The lowest BCUT2D eigenvalue weighted by molar-refractivity contribution is 0.0465. The fourth-order valence-electron chi connectivity index (χ4n) is 2.91. The van der Waals surface area contributed by atoms with Crippen LogP contribution < -0.4 is 10.5 Å². The van der Waals surface area contributed by atoms with Crippen LogP contribution in [0.15, 0.2) is 18.5 Å². The topological polar surface area (TPSA) is 48.1 Å². The Morgan fingerprint density at radius 2 is 2.17 bits per heavy atom. The first-order valence-corrected chi connectivity index (χ1v) is 6.94. The fraction of sp³-hybridized carbons (Fsp3) is 0.667. The number of anilines is 1. The number of hydrogen-bond acceptors (Lipinski definition) is 3. The van der Waals surface area contributed by atoms with Crippen molar-refractivity contribution in [2.45, 2.75) is 46.1 Å². The molecule has 100 valence electrons. The minimum atomic E-state index is 0.290. The van der Waals surface area contributed by atoms with Crippen molar-refractivity contribution in [3.8, 4) is 5.75 Å². The van der Waals surface area contributed by atoms with Gasteiger partial charge in [-0.25, -0.2) is 0 Å². The second-order valence-corrected chi connectivity index (χ2v) is 5.90. The van der Waals surface area contributed by atoms with Gasteiger partial charge in [0.15, 0.2) is 0 Å². The van der Waals surface area contributed by atoms with E-state index >= 15 is 0 Å². The van der Waals surface area contributed by atoms with Crippen molar-refractivity contribution in [1.29, 1.82) is 0 Å². The van der Waals surface area contributed by atoms with Crippen LogP contribution in [0.2, 0.25) is 0 Å². The number of nitrogens with two attached hydrogens (primary N) is 1. The lowest BCUT2D eigenvalue weighted by Crippen LogP contribution is -2.36. The summed E-state index contributed by atoms with van der Waals surface area (Å²) in [4.78, 5) is 4.00. The predicted molar refractivity (Wildman–Crippen MR) is 74.4 cm³/mol. The third kappa shape index (κ3) is 2.95. The summed E-state index contributed by atoms with van der Waals surface area (Å²) < 4.78 is 6.17. The first-order chi connectivity index (χ1) is 8.58. The van der Waals surface area contributed by atoms with E-state index in [9.17, 15) is 0 Å². The van der Waals surface area contributed by atoms with E-state index in [1.807, 2.05) is 6.07 Å². The third-order valence-electron chi connectivity index (χ3n) is 4.05. The second-order valence-electron chi connectivity index (χ2n) is 5.90. The smallest absolute Gasteiger partial charge is 0.145 e. The fourth-order valence-corrected chi connectivity index (χ4v) is 2.91. The zero-order valence-corrected chi connectivity index (χ0v) is 11.6. The number of pyridine rings is 1. The molecule has 18 heavy (non-hydrogen) atoms. The molecule has 0 bridgehead atoms. The van der Waals surface area contributed by atoms with Crippen LogP contribution in [0.4, 0.5) is 5.69 Å². The van der Waals surface area contributed by atoms with E-state index < -0.39 is 0 Å². The summed E-state index contributed by atoms with van der Waals surface area (Å²) >= 11 is 0. The maximum Gasteiger partial charge on any atom is 0.145 e. The van der Waals surface area contributed by atoms with Crippen LogP contribution in [-0.2, 0) is 0 Å². The molecule has 3 heteroatoms. The molecule has 1 aromatic heterocycles. The lowest BCUT2D eigenvalue weighted by Gasteiger charge is -2.37. The lowest BCUT2D eigenvalue weighted by atomic mass is 9.75. The number of nitrogen functional groups attached to an aromatic ring is 1. The molecule has 1 aliphatic rings. The van der Waals surface area contributed by atoms with Crippen molar-refractivity contribution in [3.63, 3.8) is 0 Å². The maximum absolute atomic E-state index is 6.17. The van der Waals surface area contributed by atoms with Gasteiger partial charge < -0.3 is 10.5 Å². The molecular weight excluding hydrogens is 224 g/mol. The average Bonchev–Trinajstić information content (AvgIpc) is 2.32. The molecule has 0 spiro atoms. The minimum Gasteiger partial charge on any atom is -0.488 e. The highest BCUT2D eigenvalue weighted by atomic mass is 16.5.